The number of nitrogens with zero attached hydrogens (tertiary/aromatic N) is 2. The van der Waals surface area contributed by atoms with Crippen molar-refractivity contribution in [3.63, 3.8) is 0 Å². The number of nitrogens with two attached hydrogens (primary N) is 1. The molecule has 0 spiro atoms. The molecule has 2 N–H and O–H groups in total. The van der Waals surface area contributed by atoms with E-state index >= 15 is 0 Å². The summed E-state index contributed by atoms with van der Waals surface area (Å²) in [5.74, 6) is -0.846. The number of primary amides is 1. The van der Waals surface area contributed by atoms with Crippen LogP contribution in [0.25, 0.3) is 5.57 Å². The number of carbonyl (C=O) groups excluding carboxylic acids is 3. The van der Waals surface area contributed by atoms with Gasteiger partial charge in [0.1, 0.15) is 10.9 Å². The first-order chi connectivity index (χ1) is 13.9. The lowest BCUT2D eigenvalue weighted by Crippen LogP contribution is -2.36. The van der Waals surface area contributed by atoms with Crippen molar-refractivity contribution in [2.24, 2.45) is 11.7 Å². The summed E-state index contributed by atoms with van der Waals surface area (Å²) in [7, 11) is 0. The molecule has 2 aliphatic rings. The smallest absolute Gasteiger partial charge is 0.267 e. The molecule has 2 aliphatic heterocycles. The SMILES string of the molecule is CCCCC(CC)CN1C(=O)C(=C2C(=O)N(CC(N)=O)c3ccccc32)SC1=S. The number of rotatable bonds is 8. The van der Waals surface area contributed by atoms with Gasteiger partial charge in [0.25, 0.3) is 11.8 Å². The summed E-state index contributed by atoms with van der Waals surface area (Å²) in [6.45, 7) is 4.61. The number of fused-ring (bicyclic) bond motifs is 1. The molecule has 1 unspecified atom stereocenters. The van der Waals surface area contributed by atoms with Crippen molar-refractivity contribution in [3.8, 4) is 0 Å². The minimum Gasteiger partial charge on any atom is -0.368 e. The van der Waals surface area contributed by atoms with E-state index in [1.165, 1.54) is 16.7 Å². The number of thioether (sulfide) groups is 1. The molecule has 8 heteroatoms. The van der Waals surface area contributed by atoms with Gasteiger partial charge in [-0.2, -0.15) is 0 Å². The lowest BCUT2D eigenvalue weighted by Gasteiger charge is -2.21. The Bertz CT molecular complexity index is 897. The fourth-order valence-electron chi connectivity index (χ4n) is 3.69. The number of carbonyl (C=O) groups is 3. The lowest BCUT2D eigenvalue weighted by molar-refractivity contribution is -0.123. The largest absolute Gasteiger partial charge is 0.368 e. The van der Waals surface area contributed by atoms with Crippen molar-refractivity contribution in [1.29, 1.82) is 0 Å². The Kier molecular flexibility index (Phi) is 6.74. The zero-order valence-electron chi connectivity index (χ0n) is 16.6. The van der Waals surface area contributed by atoms with E-state index in [0.29, 0.717) is 38.5 Å². The Balaban J connectivity index is 1.95. The van der Waals surface area contributed by atoms with Crippen molar-refractivity contribution < 1.29 is 14.4 Å². The van der Waals surface area contributed by atoms with Crippen LogP contribution >= 0.6 is 24.0 Å². The molecule has 0 saturated carbocycles. The lowest BCUT2D eigenvalue weighted by atomic mass is 9.98. The van der Waals surface area contributed by atoms with Gasteiger partial charge in [-0.25, -0.2) is 0 Å². The molecule has 0 bridgehead atoms. The molecule has 1 atom stereocenters. The van der Waals surface area contributed by atoms with Crippen molar-refractivity contribution >= 4 is 57.3 Å². The Morgan fingerprint density at radius 1 is 1.17 bits per heavy atom. The maximum absolute atomic E-state index is 13.2. The molecule has 6 nitrogen and oxygen atoms in total. The third-order valence-corrected chi connectivity index (χ3v) is 6.75. The van der Waals surface area contributed by atoms with E-state index in [1.807, 2.05) is 0 Å². The third kappa shape index (κ3) is 4.23. The number of hydrogen-bond donors (Lipinski definition) is 1. The van der Waals surface area contributed by atoms with Gasteiger partial charge in [-0.1, -0.05) is 75.3 Å². The average molecular weight is 432 g/mol. The van der Waals surface area contributed by atoms with Crippen LogP contribution in [-0.4, -0.2) is 40.0 Å². The minimum absolute atomic E-state index is 0.228. The highest BCUT2D eigenvalue weighted by Gasteiger charge is 2.42. The fraction of sp³-hybridized carbons (Fsp3) is 0.429. The van der Waals surface area contributed by atoms with Gasteiger partial charge in [0.15, 0.2) is 0 Å². The van der Waals surface area contributed by atoms with Crippen molar-refractivity contribution in [2.45, 2.75) is 39.5 Å². The number of anilines is 1. The van der Waals surface area contributed by atoms with Gasteiger partial charge in [-0.3, -0.25) is 24.2 Å². The number of hydrogen-bond acceptors (Lipinski definition) is 5. The molecule has 1 fully saturated rings. The Morgan fingerprint density at radius 2 is 1.90 bits per heavy atom. The summed E-state index contributed by atoms with van der Waals surface area (Å²) >= 11 is 6.65. The molecule has 1 saturated heterocycles. The molecular weight excluding hydrogens is 406 g/mol. The molecule has 3 rings (SSSR count). The quantitative estimate of drug-likeness (QED) is 0.504. The second kappa shape index (κ2) is 9.09. The van der Waals surface area contributed by atoms with Gasteiger partial charge in [-0.15, -0.1) is 0 Å². The van der Waals surface area contributed by atoms with Gasteiger partial charge in [0.2, 0.25) is 5.91 Å². The van der Waals surface area contributed by atoms with Crippen LogP contribution in [0.2, 0.25) is 0 Å². The fourth-order valence-corrected chi connectivity index (χ4v) is 5.04. The summed E-state index contributed by atoms with van der Waals surface area (Å²) in [6, 6.07) is 7.13. The highest BCUT2D eigenvalue weighted by molar-refractivity contribution is 8.26. The summed E-state index contributed by atoms with van der Waals surface area (Å²) in [5, 5.41) is 0. The van der Waals surface area contributed by atoms with E-state index in [-0.39, 0.29) is 18.4 Å². The van der Waals surface area contributed by atoms with Crippen LogP contribution in [0.15, 0.2) is 29.2 Å². The van der Waals surface area contributed by atoms with Crippen molar-refractivity contribution in [1.82, 2.24) is 4.90 Å². The van der Waals surface area contributed by atoms with Crippen LogP contribution in [0.3, 0.4) is 0 Å². The molecule has 1 aromatic carbocycles. The van der Waals surface area contributed by atoms with Crippen molar-refractivity contribution in [2.75, 3.05) is 18.0 Å². The standard InChI is InChI=1S/C21H25N3O3S2/c1-3-5-8-13(4-2)11-24-20(27)18(29-21(24)28)17-14-9-6-7-10-15(14)23(19(17)26)12-16(22)25/h6-7,9-10,13H,3-5,8,11-12H2,1-2H3,(H2,22,25). The van der Waals surface area contributed by atoms with Gasteiger partial charge in [-0.05, 0) is 18.4 Å². The van der Waals surface area contributed by atoms with Crippen molar-refractivity contribution in [3.05, 3.63) is 34.7 Å². The normalized spacial score (nSPS) is 19.9. The summed E-state index contributed by atoms with van der Waals surface area (Å²) in [4.78, 5) is 41.1. The summed E-state index contributed by atoms with van der Waals surface area (Å²) < 4.78 is 0.478. The molecular formula is C21H25N3O3S2. The van der Waals surface area contributed by atoms with E-state index in [9.17, 15) is 14.4 Å². The molecule has 1 aromatic rings. The first-order valence-corrected chi connectivity index (χ1v) is 11.1. The first-order valence-electron chi connectivity index (χ1n) is 9.86. The van der Waals surface area contributed by atoms with E-state index in [2.05, 4.69) is 13.8 Å². The van der Waals surface area contributed by atoms with E-state index < -0.39 is 5.91 Å². The van der Waals surface area contributed by atoms with Gasteiger partial charge >= 0.3 is 0 Å². The number of para-hydroxylation sites is 1. The third-order valence-electron chi connectivity index (χ3n) is 5.30. The molecule has 0 aromatic heterocycles. The summed E-state index contributed by atoms with van der Waals surface area (Å²) in [5.41, 5.74) is 6.86. The van der Waals surface area contributed by atoms with Crippen LogP contribution in [-0.2, 0) is 14.4 Å². The highest BCUT2D eigenvalue weighted by Crippen LogP contribution is 2.44. The van der Waals surface area contributed by atoms with Crippen LogP contribution < -0.4 is 10.6 Å². The average Bonchev–Trinajstić information content (AvgIpc) is 3.12. The minimum atomic E-state index is -0.608. The first kappa shape index (κ1) is 21.5. The molecule has 154 valence electrons. The number of amides is 3. The zero-order chi connectivity index (χ0) is 21.1. The van der Waals surface area contributed by atoms with Gasteiger partial charge in [0.05, 0.1) is 16.2 Å². The number of thiocarbonyl (C=S) groups is 1. The monoisotopic (exact) mass is 431 g/mol. The molecule has 29 heavy (non-hydrogen) atoms. The second-order valence-corrected chi connectivity index (χ2v) is 8.92. The summed E-state index contributed by atoms with van der Waals surface area (Å²) in [6.07, 6.45) is 4.24. The predicted molar refractivity (Wildman–Crippen MR) is 120 cm³/mol. The second-order valence-electron chi connectivity index (χ2n) is 7.28. The number of benzene rings is 1. The Morgan fingerprint density at radius 3 is 2.55 bits per heavy atom. The van der Waals surface area contributed by atoms with Crippen LogP contribution in [0.5, 0.6) is 0 Å². The Hall–Kier alpha value is -2.19. The van der Waals surface area contributed by atoms with E-state index in [1.54, 1.807) is 29.2 Å². The van der Waals surface area contributed by atoms with E-state index in [0.717, 1.165) is 25.7 Å². The van der Waals surface area contributed by atoms with Crippen LogP contribution in [0.1, 0.15) is 45.1 Å². The molecule has 2 heterocycles. The number of unbranched alkanes of at least 4 members (excludes halogenated alkanes) is 1. The van der Waals surface area contributed by atoms with Crippen LogP contribution in [0, 0.1) is 5.92 Å². The highest BCUT2D eigenvalue weighted by atomic mass is 32.2. The van der Waals surface area contributed by atoms with Gasteiger partial charge in [0, 0.05) is 12.1 Å². The molecule has 3 amide bonds. The zero-order valence-corrected chi connectivity index (χ0v) is 18.3. The van der Waals surface area contributed by atoms with Crippen LogP contribution in [0.4, 0.5) is 5.69 Å². The maximum atomic E-state index is 13.2. The van der Waals surface area contributed by atoms with Gasteiger partial charge < -0.3 is 5.73 Å². The molecule has 0 aliphatic carbocycles. The predicted octanol–water partition coefficient (Wildman–Crippen LogP) is 3.31. The molecule has 0 radical (unpaired) electrons. The topological polar surface area (TPSA) is 83.7 Å². The maximum Gasteiger partial charge on any atom is 0.267 e. The van der Waals surface area contributed by atoms with E-state index in [4.69, 9.17) is 18.0 Å². The Labute approximate surface area is 180 Å².